The summed E-state index contributed by atoms with van der Waals surface area (Å²) < 4.78 is 0. The average molecular weight is 150 g/mol. The highest BCUT2D eigenvalue weighted by molar-refractivity contribution is 5.50. The van der Waals surface area contributed by atoms with Gasteiger partial charge < -0.3 is 4.79 Å². The molecule has 0 spiro atoms. The van der Waals surface area contributed by atoms with Gasteiger partial charge in [-0.05, 0) is 6.07 Å². The summed E-state index contributed by atoms with van der Waals surface area (Å²) in [6, 6.07) is 1.76. The van der Waals surface area contributed by atoms with Gasteiger partial charge >= 0.3 is 0 Å². The van der Waals surface area contributed by atoms with Gasteiger partial charge in [0.05, 0.1) is 0 Å². The lowest BCUT2D eigenvalue weighted by Gasteiger charge is -2.03. The summed E-state index contributed by atoms with van der Waals surface area (Å²) in [5.41, 5.74) is 0. The highest BCUT2D eigenvalue weighted by Crippen LogP contribution is 2.10. The average Bonchev–Trinajstić information content (AvgIpc) is 2.07. The van der Waals surface area contributed by atoms with Crippen molar-refractivity contribution in [3.63, 3.8) is 0 Å². The Kier molecular flexibility index (Phi) is 2.72. The quantitative estimate of drug-likeness (QED) is 0.607. The minimum Gasteiger partial charge on any atom is -0.303 e. The molecule has 0 N–H and O–H groups in total. The molecule has 1 aromatic rings. The van der Waals surface area contributed by atoms with Crippen molar-refractivity contribution in [2.24, 2.45) is 0 Å². The molecule has 1 unspecified atom stereocenters. The second-order valence-electron chi connectivity index (χ2n) is 2.41. The molecule has 0 aliphatic heterocycles. The third-order valence-corrected chi connectivity index (χ3v) is 1.48. The third kappa shape index (κ3) is 2.11. The maximum absolute atomic E-state index is 10.1. The maximum atomic E-state index is 10.1. The van der Waals surface area contributed by atoms with E-state index in [9.17, 15) is 4.79 Å². The first-order valence-electron chi connectivity index (χ1n) is 3.55. The van der Waals surface area contributed by atoms with Crippen LogP contribution in [0.4, 0.5) is 0 Å². The monoisotopic (exact) mass is 150 g/mol. The summed E-state index contributed by atoms with van der Waals surface area (Å²) in [5, 5.41) is 0. The molecule has 0 amide bonds. The number of aromatic nitrogens is 2. The normalized spacial score (nSPS) is 12.5. The van der Waals surface area contributed by atoms with Crippen LogP contribution in [0.1, 0.15) is 25.1 Å². The Balaban J connectivity index is 2.68. The van der Waals surface area contributed by atoms with Crippen molar-refractivity contribution in [2.75, 3.05) is 0 Å². The van der Waals surface area contributed by atoms with E-state index in [-0.39, 0.29) is 5.92 Å². The van der Waals surface area contributed by atoms with Crippen molar-refractivity contribution < 1.29 is 4.79 Å². The predicted molar refractivity (Wildman–Crippen MR) is 41.1 cm³/mol. The van der Waals surface area contributed by atoms with Gasteiger partial charge in [-0.15, -0.1) is 0 Å². The molecule has 3 heteroatoms. The van der Waals surface area contributed by atoms with E-state index in [1.807, 2.05) is 6.92 Å². The first-order valence-corrected chi connectivity index (χ1v) is 3.55. The van der Waals surface area contributed by atoms with Crippen molar-refractivity contribution in [1.82, 2.24) is 9.97 Å². The van der Waals surface area contributed by atoms with Gasteiger partial charge in [-0.2, -0.15) is 0 Å². The first-order chi connectivity index (χ1) is 5.34. The molecule has 0 saturated carbocycles. The fourth-order valence-corrected chi connectivity index (χ4v) is 0.815. The van der Waals surface area contributed by atoms with E-state index >= 15 is 0 Å². The molecular formula is C8H10N2O. The van der Waals surface area contributed by atoms with Crippen LogP contribution in [-0.2, 0) is 4.79 Å². The maximum Gasteiger partial charge on any atom is 0.131 e. The largest absolute Gasteiger partial charge is 0.303 e. The molecule has 0 radical (unpaired) electrons. The summed E-state index contributed by atoms with van der Waals surface area (Å²) in [6.45, 7) is 1.93. The zero-order chi connectivity index (χ0) is 8.10. The Bertz CT molecular complexity index is 223. The van der Waals surface area contributed by atoms with Crippen molar-refractivity contribution in [3.8, 4) is 0 Å². The number of nitrogens with zero attached hydrogens (tertiary/aromatic N) is 2. The van der Waals surface area contributed by atoms with Crippen molar-refractivity contribution in [1.29, 1.82) is 0 Å². The number of aldehydes is 1. The lowest BCUT2D eigenvalue weighted by molar-refractivity contribution is -0.108. The van der Waals surface area contributed by atoms with Gasteiger partial charge in [-0.3, -0.25) is 0 Å². The van der Waals surface area contributed by atoms with Crippen molar-refractivity contribution >= 4 is 6.29 Å². The van der Waals surface area contributed by atoms with E-state index in [1.54, 1.807) is 18.5 Å². The molecule has 1 heterocycles. The molecule has 1 rings (SSSR count). The number of rotatable bonds is 3. The lowest BCUT2D eigenvalue weighted by atomic mass is 10.1. The number of hydrogen-bond donors (Lipinski definition) is 0. The third-order valence-electron chi connectivity index (χ3n) is 1.48. The van der Waals surface area contributed by atoms with Gasteiger partial charge in [0.1, 0.15) is 12.1 Å². The lowest BCUT2D eigenvalue weighted by Crippen LogP contribution is -1.99. The van der Waals surface area contributed by atoms with Crippen LogP contribution in [0.25, 0.3) is 0 Å². The van der Waals surface area contributed by atoms with Crippen LogP contribution < -0.4 is 0 Å². The smallest absolute Gasteiger partial charge is 0.131 e. The van der Waals surface area contributed by atoms with Crippen LogP contribution in [-0.4, -0.2) is 16.3 Å². The van der Waals surface area contributed by atoms with E-state index in [4.69, 9.17) is 0 Å². The predicted octanol–water partition coefficient (Wildman–Crippen LogP) is 1.17. The molecule has 11 heavy (non-hydrogen) atoms. The topological polar surface area (TPSA) is 42.9 Å². The molecule has 0 bridgehead atoms. The minimum absolute atomic E-state index is 0.133. The Morgan fingerprint density at radius 1 is 1.55 bits per heavy atom. The molecule has 1 atom stereocenters. The second-order valence-corrected chi connectivity index (χ2v) is 2.41. The molecule has 0 aliphatic rings. The zero-order valence-electron chi connectivity index (χ0n) is 6.40. The Morgan fingerprint density at radius 3 is 2.73 bits per heavy atom. The first kappa shape index (κ1) is 7.85. The van der Waals surface area contributed by atoms with E-state index in [0.29, 0.717) is 6.42 Å². The molecule has 1 aromatic heterocycles. The molecule has 0 aliphatic carbocycles. The summed E-state index contributed by atoms with van der Waals surface area (Å²) >= 11 is 0. The van der Waals surface area contributed by atoms with Gasteiger partial charge in [-0.1, -0.05) is 6.92 Å². The van der Waals surface area contributed by atoms with Crippen LogP contribution >= 0.6 is 0 Å². The van der Waals surface area contributed by atoms with E-state index in [1.165, 1.54) is 0 Å². The Labute approximate surface area is 65.5 Å². The van der Waals surface area contributed by atoms with Crippen molar-refractivity contribution in [2.45, 2.75) is 19.3 Å². The molecule has 0 saturated heterocycles. The van der Waals surface area contributed by atoms with Crippen LogP contribution in [0.2, 0.25) is 0 Å². The summed E-state index contributed by atoms with van der Waals surface area (Å²) in [4.78, 5) is 18.2. The SMILES string of the molecule is CC(CC=O)c1ncccn1. The second kappa shape index (κ2) is 3.81. The van der Waals surface area contributed by atoms with Gasteiger partial charge in [0.25, 0.3) is 0 Å². The number of carbonyl (C=O) groups excluding carboxylic acids is 1. The van der Waals surface area contributed by atoms with E-state index in [0.717, 1.165) is 12.1 Å². The Morgan fingerprint density at radius 2 is 2.18 bits per heavy atom. The Hall–Kier alpha value is -1.25. The van der Waals surface area contributed by atoms with Gasteiger partial charge in [0.2, 0.25) is 0 Å². The fourth-order valence-electron chi connectivity index (χ4n) is 0.815. The standard InChI is InChI=1S/C8H10N2O/c1-7(3-6-11)8-9-4-2-5-10-8/h2,4-7H,3H2,1H3. The molecule has 0 fully saturated rings. The fraction of sp³-hybridized carbons (Fsp3) is 0.375. The molecule has 0 aromatic carbocycles. The number of hydrogen-bond acceptors (Lipinski definition) is 3. The zero-order valence-corrected chi connectivity index (χ0v) is 6.40. The molecular weight excluding hydrogens is 140 g/mol. The minimum atomic E-state index is 0.133. The van der Waals surface area contributed by atoms with Crippen LogP contribution in [0.5, 0.6) is 0 Å². The van der Waals surface area contributed by atoms with Gasteiger partial charge in [0.15, 0.2) is 0 Å². The summed E-state index contributed by atoms with van der Waals surface area (Å²) in [7, 11) is 0. The van der Waals surface area contributed by atoms with E-state index < -0.39 is 0 Å². The van der Waals surface area contributed by atoms with E-state index in [2.05, 4.69) is 9.97 Å². The molecule has 58 valence electrons. The summed E-state index contributed by atoms with van der Waals surface area (Å²) in [5.74, 6) is 0.869. The van der Waals surface area contributed by atoms with Gasteiger partial charge in [-0.25, -0.2) is 9.97 Å². The molecule has 3 nitrogen and oxygen atoms in total. The summed E-state index contributed by atoms with van der Waals surface area (Å²) in [6.07, 6.45) is 4.75. The highest BCUT2D eigenvalue weighted by atomic mass is 16.1. The van der Waals surface area contributed by atoms with Crippen LogP contribution in [0, 0.1) is 0 Å². The van der Waals surface area contributed by atoms with Crippen molar-refractivity contribution in [3.05, 3.63) is 24.3 Å². The van der Waals surface area contributed by atoms with Gasteiger partial charge in [0, 0.05) is 24.7 Å². The van der Waals surface area contributed by atoms with Crippen LogP contribution in [0.3, 0.4) is 0 Å². The highest BCUT2D eigenvalue weighted by Gasteiger charge is 2.05. The van der Waals surface area contributed by atoms with Crippen LogP contribution in [0.15, 0.2) is 18.5 Å². The number of carbonyl (C=O) groups is 1.